The Labute approximate surface area is 172 Å². The van der Waals surface area contributed by atoms with E-state index in [0.717, 1.165) is 18.4 Å². The van der Waals surface area contributed by atoms with Crippen molar-refractivity contribution in [1.29, 1.82) is 0 Å². The molecule has 7 nitrogen and oxygen atoms in total. The molecule has 0 aromatic heterocycles. The maximum atomic E-state index is 13.1. The number of hydrazine groups is 1. The lowest BCUT2D eigenvalue weighted by molar-refractivity contribution is -0.141. The molecule has 2 N–H and O–H groups in total. The number of carbonyl (C=O) groups is 2. The van der Waals surface area contributed by atoms with Gasteiger partial charge in [-0.1, -0.05) is 49.6 Å². The molecule has 2 saturated heterocycles. The van der Waals surface area contributed by atoms with Crippen LogP contribution >= 0.6 is 0 Å². The Balaban J connectivity index is 1.48. The van der Waals surface area contributed by atoms with Crippen LogP contribution in [0.25, 0.3) is 0 Å². The highest BCUT2D eigenvalue weighted by molar-refractivity contribution is 5.87. The minimum Gasteiger partial charge on any atom is -0.370 e. The van der Waals surface area contributed by atoms with Gasteiger partial charge in [0.15, 0.2) is 0 Å². The third kappa shape index (κ3) is 5.15. The highest BCUT2D eigenvalue weighted by Gasteiger charge is 2.37. The highest BCUT2D eigenvalue weighted by atomic mass is 16.5. The van der Waals surface area contributed by atoms with Crippen molar-refractivity contribution >= 4 is 11.8 Å². The van der Waals surface area contributed by atoms with Gasteiger partial charge >= 0.3 is 0 Å². The zero-order valence-corrected chi connectivity index (χ0v) is 17.0. The first-order valence-corrected chi connectivity index (χ1v) is 10.9. The summed E-state index contributed by atoms with van der Waals surface area (Å²) in [4.78, 5) is 29.9. The smallest absolute Gasteiger partial charge is 0.242 e. The number of amides is 2. The lowest BCUT2D eigenvalue weighted by atomic mass is 9.94. The number of rotatable bonds is 5. The SMILES string of the molecule is O=C(C1CNNC1)N1CC(=O)N(C2CCCCC2)CC(OCc2ccccc2)C1. The van der Waals surface area contributed by atoms with Gasteiger partial charge < -0.3 is 14.5 Å². The van der Waals surface area contributed by atoms with Crippen molar-refractivity contribution in [3.8, 4) is 0 Å². The highest BCUT2D eigenvalue weighted by Crippen LogP contribution is 2.25. The van der Waals surface area contributed by atoms with Gasteiger partial charge in [-0.05, 0) is 18.4 Å². The van der Waals surface area contributed by atoms with E-state index < -0.39 is 0 Å². The summed E-state index contributed by atoms with van der Waals surface area (Å²) < 4.78 is 6.24. The fraction of sp³-hybridized carbons (Fsp3) is 0.636. The Hall–Kier alpha value is -1.96. The van der Waals surface area contributed by atoms with Gasteiger partial charge in [0, 0.05) is 32.2 Å². The lowest BCUT2D eigenvalue weighted by Crippen LogP contribution is -2.46. The van der Waals surface area contributed by atoms with Crippen molar-refractivity contribution in [3.05, 3.63) is 35.9 Å². The van der Waals surface area contributed by atoms with E-state index in [2.05, 4.69) is 10.9 Å². The largest absolute Gasteiger partial charge is 0.370 e. The van der Waals surface area contributed by atoms with E-state index in [-0.39, 0.29) is 36.4 Å². The Kier molecular flexibility index (Phi) is 6.79. The molecular weight excluding hydrogens is 368 g/mol. The summed E-state index contributed by atoms with van der Waals surface area (Å²) in [6.07, 6.45) is 5.54. The second kappa shape index (κ2) is 9.69. The molecule has 3 fully saturated rings. The Bertz CT molecular complexity index is 687. The van der Waals surface area contributed by atoms with Crippen LogP contribution in [-0.2, 0) is 20.9 Å². The van der Waals surface area contributed by atoms with Crippen LogP contribution in [0.3, 0.4) is 0 Å². The lowest BCUT2D eigenvalue weighted by Gasteiger charge is -2.34. The van der Waals surface area contributed by atoms with Crippen molar-refractivity contribution in [2.75, 3.05) is 32.7 Å². The number of hydrogen-bond acceptors (Lipinski definition) is 5. The first-order chi connectivity index (χ1) is 14.2. The zero-order valence-electron chi connectivity index (χ0n) is 17.0. The monoisotopic (exact) mass is 400 g/mol. The van der Waals surface area contributed by atoms with Crippen molar-refractivity contribution in [3.63, 3.8) is 0 Å². The third-order valence-electron chi connectivity index (χ3n) is 6.30. The van der Waals surface area contributed by atoms with Crippen LogP contribution in [-0.4, -0.2) is 66.5 Å². The Morgan fingerprint density at radius 2 is 1.76 bits per heavy atom. The summed E-state index contributed by atoms with van der Waals surface area (Å²) in [5, 5.41) is 0. The summed E-state index contributed by atoms with van der Waals surface area (Å²) in [6.45, 7) is 2.90. The van der Waals surface area contributed by atoms with E-state index in [4.69, 9.17) is 4.74 Å². The number of carbonyl (C=O) groups excluding carboxylic acids is 2. The first-order valence-electron chi connectivity index (χ1n) is 10.9. The normalized spacial score (nSPS) is 24.7. The fourth-order valence-corrected chi connectivity index (χ4v) is 4.65. The number of benzene rings is 1. The molecular formula is C22H32N4O3. The molecule has 1 unspecified atom stereocenters. The van der Waals surface area contributed by atoms with Crippen LogP contribution in [0.1, 0.15) is 37.7 Å². The number of ether oxygens (including phenoxy) is 1. The van der Waals surface area contributed by atoms with Gasteiger partial charge in [-0.2, -0.15) is 0 Å². The van der Waals surface area contributed by atoms with E-state index in [1.54, 1.807) is 4.90 Å². The van der Waals surface area contributed by atoms with E-state index in [0.29, 0.717) is 32.8 Å². The summed E-state index contributed by atoms with van der Waals surface area (Å²) >= 11 is 0. The second-order valence-corrected chi connectivity index (χ2v) is 8.43. The fourth-order valence-electron chi connectivity index (χ4n) is 4.65. The third-order valence-corrected chi connectivity index (χ3v) is 6.30. The predicted octanol–water partition coefficient (Wildman–Crippen LogP) is 1.30. The van der Waals surface area contributed by atoms with Gasteiger partial charge in [-0.15, -0.1) is 0 Å². The number of nitrogens with zero attached hydrogens (tertiary/aromatic N) is 2. The molecule has 29 heavy (non-hydrogen) atoms. The molecule has 1 saturated carbocycles. The average molecular weight is 401 g/mol. The quantitative estimate of drug-likeness (QED) is 0.779. The van der Waals surface area contributed by atoms with Gasteiger partial charge in [-0.25, -0.2) is 0 Å². The predicted molar refractivity (Wildman–Crippen MR) is 110 cm³/mol. The maximum absolute atomic E-state index is 13.1. The van der Waals surface area contributed by atoms with Crippen LogP contribution in [0.5, 0.6) is 0 Å². The molecule has 7 heteroatoms. The van der Waals surface area contributed by atoms with Gasteiger partial charge in [0.25, 0.3) is 0 Å². The van der Waals surface area contributed by atoms with Crippen LogP contribution < -0.4 is 10.9 Å². The molecule has 0 radical (unpaired) electrons. The Morgan fingerprint density at radius 1 is 1.03 bits per heavy atom. The molecule has 2 aliphatic heterocycles. The van der Waals surface area contributed by atoms with Crippen molar-refractivity contribution in [2.45, 2.75) is 50.9 Å². The van der Waals surface area contributed by atoms with Gasteiger partial charge in [0.05, 0.1) is 25.2 Å². The summed E-state index contributed by atoms with van der Waals surface area (Å²) in [5.74, 6) is -0.0246. The molecule has 1 aromatic carbocycles. The molecule has 1 atom stereocenters. The molecule has 1 aromatic rings. The van der Waals surface area contributed by atoms with Crippen molar-refractivity contribution in [1.82, 2.24) is 20.7 Å². The average Bonchev–Trinajstić information content (AvgIpc) is 3.24. The molecule has 1 aliphatic carbocycles. The molecule has 158 valence electrons. The number of hydrogen-bond donors (Lipinski definition) is 2. The van der Waals surface area contributed by atoms with Crippen LogP contribution in [0.4, 0.5) is 0 Å². The van der Waals surface area contributed by atoms with Crippen LogP contribution in [0, 0.1) is 5.92 Å². The molecule has 3 aliphatic rings. The molecule has 0 spiro atoms. The number of nitrogens with one attached hydrogen (secondary N) is 2. The van der Waals surface area contributed by atoms with Gasteiger partial charge in [0.2, 0.25) is 11.8 Å². The van der Waals surface area contributed by atoms with Gasteiger partial charge in [0.1, 0.15) is 0 Å². The maximum Gasteiger partial charge on any atom is 0.242 e. The van der Waals surface area contributed by atoms with Crippen LogP contribution in [0.2, 0.25) is 0 Å². The summed E-state index contributed by atoms with van der Waals surface area (Å²) in [7, 11) is 0. The minimum atomic E-state index is -0.171. The van der Waals surface area contributed by atoms with E-state index >= 15 is 0 Å². The summed E-state index contributed by atoms with van der Waals surface area (Å²) in [5.41, 5.74) is 7.13. The van der Waals surface area contributed by atoms with E-state index in [9.17, 15) is 9.59 Å². The zero-order chi connectivity index (χ0) is 20.1. The summed E-state index contributed by atoms with van der Waals surface area (Å²) in [6, 6.07) is 10.4. The minimum absolute atomic E-state index is 0.0367. The first kappa shape index (κ1) is 20.3. The Morgan fingerprint density at radius 3 is 2.48 bits per heavy atom. The van der Waals surface area contributed by atoms with E-state index in [1.807, 2.05) is 35.2 Å². The topological polar surface area (TPSA) is 73.9 Å². The molecule has 2 amide bonds. The molecule has 2 heterocycles. The standard InChI is InChI=1S/C22H32N4O3/c27-21-15-25(22(28)18-11-23-24-12-18)13-20(29-16-17-7-3-1-4-8-17)14-26(21)19-9-5-2-6-10-19/h1,3-4,7-8,18-20,23-24H,2,5-6,9-16H2. The van der Waals surface area contributed by atoms with Crippen molar-refractivity contribution in [2.24, 2.45) is 5.92 Å². The van der Waals surface area contributed by atoms with Crippen LogP contribution in [0.15, 0.2) is 30.3 Å². The van der Waals surface area contributed by atoms with Gasteiger partial charge in [-0.3, -0.25) is 20.4 Å². The molecule has 4 rings (SSSR count). The second-order valence-electron chi connectivity index (χ2n) is 8.43. The van der Waals surface area contributed by atoms with E-state index in [1.165, 1.54) is 19.3 Å². The molecule has 0 bridgehead atoms. The van der Waals surface area contributed by atoms with Crippen molar-refractivity contribution < 1.29 is 14.3 Å².